The summed E-state index contributed by atoms with van der Waals surface area (Å²) in [4.78, 5) is 10.2. The molecule has 38 heavy (non-hydrogen) atoms. The topological polar surface area (TPSA) is 81.3 Å². The number of aromatic nitrogens is 2. The lowest BCUT2D eigenvalue weighted by molar-refractivity contribution is -0.137. The molecule has 1 saturated heterocycles. The summed E-state index contributed by atoms with van der Waals surface area (Å²) in [6, 6.07) is 14.2. The van der Waals surface area contributed by atoms with E-state index < -0.39 is 21.9 Å². The van der Waals surface area contributed by atoms with E-state index in [0.717, 1.165) is 37.1 Å². The van der Waals surface area contributed by atoms with Crippen molar-refractivity contribution in [1.29, 1.82) is 0 Å². The third-order valence-corrected chi connectivity index (χ3v) is 8.34. The number of nitrogens with zero attached hydrogens (tertiary/aromatic N) is 3. The quantitative estimate of drug-likeness (QED) is 0.332. The SMILES string of the molecule is CCCCCN1CCN(S(=O)(=O)NCCc2nc(-c3ccccc3)[nH]c2-c2ccc(C(F)(F)F)cc2)CC1. The fourth-order valence-corrected chi connectivity index (χ4v) is 5.74. The number of benzene rings is 2. The van der Waals surface area contributed by atoms with E-state index in [0.29, 0.717) is 49.0 Å². The van der Waals surface area contributed by atoms with Gasteiger partial charge in [0.05, 0.1) is 17.0 Å². The predicted octanol–water partition coefficient (Wildman–Crippen LogP) is 4.95. The molecule has 1 fully saturated rings. The molecular weight excluding hydrogens is 515 g/mol. The van der Waals surface area contributed by atoms with E-state index in [2.05, 4.69) is 26.5 Å². The number of imidazole rings is 1. The van der Waals surface area contributed by atoms with Gasteiger partial charge in [-0.3, -0.25) is 0 Å². The monoisotopic (exact) mass is 549 g/mol. The standard InChI is InChI=1S/C27H34F3N5O2S/c1-2-3-7-16-34-17-19-35(20-18-34)38(36,37)31-15-14-24-25(21-10-12-23(13-11-21)27(28,29)30)33-26(32-24)22-8-5-4-6-9-22/h4-6,8-13,31H,2-3,7,14-20H2,1H3,(H,32,33). The van der Waals surface area contributed by atoms with Gasteiger partial charge >= 0.3 is 6.18 Å². The molecule has 206 valence electrons. The van der Waals surface area contributed by atoms with Crippen LogP contribution in [-0.2, 0) is 22.8 Å². The molecule has 0 spiro atoms. The lowest BCUT2D eigenvalue weighted by Crippen LogP contribution is -2.52. The van der Waals surface area contributed by atoms with Crippen LogP contribution in [0, 0.1) is 0 Å². The first-order valence-corrected chi connectivity index (χ1v) is 14.4. The highest BCUT2D eigenvalue weighted by molar-refractivity contribution is 7.87. The largest absolute Gasteiger partial charge is 0.416 e. The van der Waals surface area contributed by atoms with Crippen LogP contribution in [0.2, 0.25) is 0 Å². The summed E-state index contributed by atoms with van der Waals surface area (Å²) in [6.45, 7) is 5.58. The molecule has 0 atom stereocenters. The average molecular weight is 550 g/mol. The van der Waals surface area contributed by atoms with Gasteiger partial charge in [0.25, 0.3) is 10.2 Å². The van der Waals surface area contributed by atoms with E-state index in [9.17, 15) is 21.6 Å². The molecule has 0 unspecified atom stereocenters. The number of aromatic amines is 1. The molecule has 0 bridgehead atoms. The second kappa shape index (κ2) is 12.4. The Balaban J connectivity index is 1.44. The Hall–Kier alpha value is -2.73. The van der Waals surface area contributed by atoms with E-state index in [1.807, 2.05) is 30.3 Å². The number of nitrogens with one attached hydrogen (secondary N) is 2. The van der Waals surface area contributed by atoms with Gasteiger partial charge in [-0.2, -0.15) is 25.9 Å². The van der Waals surface area contributed by atoms with Crippen LogP contribution in [0.4, 0.5) is 13.2 Å². The van der Waals surface area contributed by atoms with Gasteiger partial charge in [0.2, 0.25) is 0 Å². The van der Waals surface area contributed by atoms with Crippen LogP contribution < -0.4 is 4.72 Å². The van der Waals surface area contributed by atoms with Crippen molar-refractivity contribution in [3.8, 4) is 22.6 Å². The highest BCUT2D eigenvalue weighted by atomic mass is 32.2. The van der Waals surface area contributed by atoms with Crippen LogP contribution in [0.3, 0.4) is 0 Å². The second-order valence-electron chi connectivity index (χ2n) is 9.45. The summed E-state index contributed by atoms with van der Waals surface area (Å²) in [5.74, 6) is 0.567. The van der Waals surface area contributed by atoms with E-state index in [1.54, 1.807) is 0 Å². The number of alkyl halides is 3. The summed E-state index contributed by atoms with van der Waals surface area (Å²) in [5, 5.41) is 0. The highest BCUT2D eigenvalue weighted by Gasteiger charge is 2.30. The van der Waals surface area contributed by atoms with E-state index in [4.69, 9.17) is 0 Å². The molecule has 1 aliphatic heterocycles. The summed E-state index contributed by atoms with van der Waals surface area (Å²) >= 11 is 0. The molecule has 11 heteroatoms. The van der Waals surface area contributed by atoms with Crippen LogP contribution in [0.5, 0.6) is 0 Å². The Kier molecular flexibility index (Phi) is 9.24. The predicted molar refractivity (Wildman–Crippen MR) is 143 cm³/mol. The molecule has 7 nitrogen and oxygen atoms in total. The Morgan fingerprint density at radius 3 is 2.26 bits per heavy atom. The van der Waals surface area contributed by atoms with Crippen molar-refractivity contribution in [3.63, 3.8) is 0 Å². The molecular formula is C27H34F3N5O2S. The Bertz CT molecular complexity index is 1270. The Morgan fingerprint density at radius 2 is 1.63 bits per heavy atom. The number of halogens is 3. The third-order valence-electron chi connectivity index (χ3n) is 6.72. The maximum atomic E-state index is 13.1. The number of H-pyrrole nitrogens is 1. The van der Waals surface area contributed by atoms with Crippen LogP contribution >= 0.6 is 0 Å². The maximum absolute atomic E-state index is 13.1. The Morgan fingerprint density at radius 1 is 0.947 bits per heavy atom. The zero-order valence-electron chi connectivity index (χ0n) is 21.5. The number of hydrogen-bond acceptors (Lipinski definition) is 4. The van der Waals surface area contributed by atoms with Crippen LogP contribution in [0.25, 0.3) is 22.6 Å². The number of piperazine rings is 1. The van der Waals surface area contributed by atoms with Crippen molar-refractivity contribution in [1.82, 2.24) is 23.9 Å². The molecule has 0 aliphatic carbocycles. The van der Waals surface area contributed by atoms with Crippen molar-refractivity contribution >= 4 is 10.2 Å². The first-order chi connectivity index (χ1) is 18.2. The van der Waals surface area contributed by atoms with Gasteiger partial charge in [0.15, 0.2) is 0 Å². The fourth-order valence-electron chi connectivity index (χ4n) is 4.56. The first kappa shape index (κ1) is 28.3. The van der Waals surface area contributed by atoms with Gasteiger partial charge in [-0.15, -0.1) is 0 Å². The molecule has 1 aromatic heterocycles. The summed E-state index contributed by atoms with van der Waals surface area (Å²) in [5.41, 5.74) is 1.78. The second-order valence-corrected chi connectivity index (χ2v) is 11.2. The average Bonchev–Trinajstić information content (AvgIpc) is 3.33. The van der Waals surface area contributed by atoms with Gasteiger partial charge in [0.1, 0.15) is 5.82 Å². The molecule has 0 amide bonds. The normalized spacial score (nSPS) is 15.7. The smallest absolute Gasteiger partial charge is 0.338 e. The molecule has 0 radical (unpaired) electrons. The van der Waals surface area contributed by atoms with E-state index in [1.165, 1.54) is 22.9 Å². The third kappa shape index (κ3) is 7.22. The number of hydrogen-bond donors (Lipinski definition) is 2. The van der Waals surface area contributed by atoms with Crippen molar-refractivity contribution in [2.45, 2.75) is 38.8 Å². The molecule has 2 aromatic carbocycles. The molecule has 2 N–H and O–H groups in total. The van der Waals surface area contributed by atoms with Crippen molar-refractivity contribution in [3.05, 3.63) is 65.9 Å². The molecule has 4 rings (SSSR count). The number of rotatable bonds is 11. The van der Waals surface area contributed by atoms with Crippen molar-refractivity contribution in [2.75, 3.05) is 39.3 Å². The minimum atomic E-state index is -4.43. The number of unbranched alkanes of at least 4 members (excludes halogenated alkanes) is 2. The summed E-state index contributed by atoms with van der Waals surface area (Å²) in [7, 11) is -3.65. The van der Waals surface area contributed by atoms with Gasteiger partial charge < -0.3 is 9.88 Å². The van der Waals surface area contributed by atoms with Crippen LogP contribution in [-0.4, -0.2) is 66.9 Å². The van der Waals surface area contributed by atoms with Crippen LogP contribution in [0.15, 0.2) is 54.6 Å². The highest BCUT2D eigenvalue weighted by Crippen LogP contribution is 2.32. The molecule has 0 saturated carbocycles. The summed E-state index contributed by atoms with van der Waals surface area (Å²) in [6.07, 6.45) is -0.702. The van der Waals surface area contributed by atoms with Gasteiger partial charge in [0, 0.05) is 44.7 Å². The zero-order chi connectivity index (χ0) is 27.2. The Labute approximate surface area is 222 Å². The maximum Gasteiger partial charge on any atom is 0.416 e. The minimum Gasteiger partial charge on any atom is -0.338 e. The molecule has 3 aromatic rings. The summed E-state index contributed by atoms with van der Waals surface area (Å²) < 4.78 is 69.2. The lowest BCUT2D eigenvalue weighted by atomic mass is 10.1. The van der Waals surface area contributed by atoms with Crippen molar-refractivity contribution in [2.24, 2.45) is 0 Å². The fraction of sp³-hybridized carbons (Fsp3) is 0.444. The van der Waals surface area contributed by atoms with Gasteiger partial charge in [-0.1, -0.05) is 62.2 Å². The van der Waals surface area contributed by atoms with Gasteiger partial charge in [-0.25, -0.2) is 9.71 Å². The first-order valence-electron chi connectivity index (χ1n) is 13.0. The van der Waals surface area contributed by atoms with E-state index in [-0.39, 0.29) is 13.0 Å². The van der Waals surface area contributed by atoms with E-state index >= 15 is 0 Å². The minimum absolute atomic E-state index is 0.117. The van der Waals surface area contributed by atoms with Gasteiger partial charge in [-0.05, 0) is 30.7 Å². The lowest BCUT2D eigenvalue weighted by Gasteiger charge is -2.33. The van der Waals surface area contributed by atoms with Crippen LogP contribution in [0.1, 0.15) is 37.4 Å². The molecule has 2 heterocycles. The zero-order valence-corrected chi connectivity index (χ0v) is 22.3. The molecule has 1 aliphatic rings. The van der Waals surface area contributed by atoms with Crippen molar-refractivity contribution < 1.29 is 21.6 Å².